The van der Waals surface area contributed by atoms with Gasteiger partial charge < -0.3 is 0 Å². The maximum Gasteiger partial charge on any atom is 0.261 e. The summed E-state index contributed by atoms with van der Waals surface area (Å²) in [7, 11) is 0. The molecule has 6 nitrogen and oxygen atoms in total. The van der Waals surface area contributed by atoms with Crippen molar-refractivity contribution in [1.82, 2.24) is 9.55 Å². The summed E-state index contributed by atoms with van der Waals surface area (Å²) in [6, 6.07) is 2.84. The number of rotatable bonds is 30. The average molecular weight is 775 g/mol. The third kappa shape index (κ3) is 14.1. The van der Waals surface area contributed by atoms with Gasteiger partial charge in [-0.15, -0.1) is 0 Å². The molecule has 56 heavy (non-hydrogen) atoms. The lowest BCUT2D eigenvalue weighted by molar-refractivity contribution is 0.0741. The largest absolute Gasteiger partial charge is 0.288 e. The van der Waals surface area contributed by atoms with E-state index in [2.05, 4.69) is 39.6 Å². The number of benzene rings is 1. The van der Waals surface area contributed by atoms with Crippen LogP contribution in [-0.4, -0.2) is 9.55 Å². The van der Waals surface area contributed by atoms with Crippen LogP contribution in [0.2, 0.25) is 0 Å². The SMILES string of the molecule is CCCCCCCCC1C(CCCCCC)CC(CCCCCCCCn2c(=O)c3cc4c(=O)[nH]c(=O)c4cc3c2=O)CC1CCCCCCCC(C)C(C)C. The predicted molar refractivity (Wildman–Crippen MR) is 240 cm³/mol. The quantitative estimate of drug-likeness (QED) is 0.0683. The lowest BCUT2D eigenvalue weighted by Gasteiger charge is -2.43. The summed E-state index contributed by atoms with van der Waals surface area (Å²) in [6.07, 6.45) is 38.0. The van der Waals surface area contributed by atoms with Gasteiger partial charge in [0.05, 0.1) is 21.5 Å². The zero-order valence-corrected chi connectivity index (χ0v) is 36.7. The molecule has 0 aliphatic heterocycles. The second-order valence-electron chi connectivity index (χ2n) is 18.9. The van der Waals surface area contributed by atoms with E-state index in [1.807, 2.05) is 0 Å². The van der Waals surface area contributed by atoms with Crippen molar-refractivity contribution >= 4 is 21.5 Å². The molecule has 316 valence electrons. The van der Waals surface area contributed by atoms with E-state index in [1.165, 1.54) is 177 Å². The normalized spacial score (nSPS) is 19.5. The third-order valence-corrected chi connectivity index (χ3v) is 14.2. The first-order valence-corrected chi connectivity index (χ1v) is 24.1. The lowest BCUT2D eigenvalue weighted by Crippen LogP contribution is -2.33. The lowest BCUT2D eigenvalue weighted by atomic mass is 9.62. The molecule has 3 aromatic rings. The molecule has 1 aliphatic rings. The van der Waals surface area contributed by atoms with E-state index >= 15 is 0 Å². The van der Waals surface area contributed by atoms with E-state index in [-0.39, 0.29) is 32.7 Å². The van der Waals surface area contributed by atoms with Crippen molar-refractivity contribution in [2.45, 2.75) is 221 Å². The van der Waals surface area contributed by atoms with Crippen molar-refractivity contribution in [3.8, 4) is 0 Å². The van der Waals surface area contributed by atoms with Crippen molar-refractivity contribution in [2.24, 2.45) is 35.5 Å². The van der Waals surface area contributed by atoms with E-state index in [0.29, 0.717) is 6.54 Å². The number of fused-ring (bicyclic) bond motifs is 2. The van der Waals surface area contributed by atoms with Gasteiger partial charge in [0.1, 0.15) is 0 Å². The van der Waals surface area contributed by atoms with E-state index in [9.17, 15) is 19.2 Å². The van der Waals surface area contributed by atoms with Crippen LogP contribution >= 0.6 is 0 Å². The Kier molecular flexibility index (Phi) is 20.7. The van der Waals surface area contributed by atoms with E-state index in [0.717, 1.165) is 54.8 Å². The molecule has 1 fully saturated rings. The van der Waals surface area contributed by atoms with E-state index < -0.39 is 11.1 Å². The van der Waals surface area contributed by atoms with Gasteiger partial charge in [0, 0.05) is 6.54 Å². The predicted octanol–water partition coefficient (Wildman–Crippen LogP) is 13.2. The van der Waals surface area contributed by atoms with Crippen LogP contribution in [0.1, 0.15) is 214 Å². The van der Waals surface area contributed by atoms with Gasteiger partial charge in [0.15, 0.2) is 0 Å². The van der Waals surface area contributed by atoms with Crippen molar-refractivity contribution in [1.29, 1.82) is 0 Å². The minimum Gasteiger partial charge on any atom is -0.288 e. The summed E-state index contributed by atoms with van der Waals surface area (Å²) >= 11 is 0. The third-order valence-electron chi connectivity index (χ3n) is 14.2. The summed E-state index contributed by atoms with van der Waals surface area (Å²) in [5, 5.41) is 0.846. The first-order chi connectivity index (χ1) is 27.2. The number of nitrogens with one attached hydrogen (secondary N) is 1. The number of nitrogens with zero attached hydrogens (tertiary/aromatic N) is 1. The molecule has 2 heterocycles. The highest BCUT2D eigenvalue weighted by Crippen LogP contribution is 2.47. The van der Waals surface area contributed by atoms with Gasteiger partial charge in [-0.2, -0.15) is 0 Å². The van der Waals surface area contributed by atoms with Crippen LogP contribution in [0, 0.1) is 35.5 Å². The van der Waals surface area contributed by atoms with Gasteiger partial charge in [-0.1, -0.05) is 189 Å². The molecule has 4 rings (SSSR count). The van der Waals surface area contributed by atoms with Gasteiger partial charge in [-0.3, -0.25) is 28.7 Å². The number of unbranched alkanes of at least 4 members (excludes halogenated alkanes) is 17. The maximum atomic E-state index is 13.0. The van der Waals surface area contributed by atoms with Gasteiger partial charge in [-0.05, 0) is 73.3 Å². The number of H-pyrrole nitrogens is 1. The second kappa shape index (κ2) is 25.1. The summed E-state index contributed by atoms with van der Waals surface area (Å²) in [6.45, 7) is 12.2. The molecule has 5 atom stereocenters. The zero-order valence-electron chi connectivity index (χ0n) is 36.7. The van der Waals surface area contributed by atoms with Gasteiger partial charge >= 0.3 is 0 Å². The topological polar surface area (TPSA) is 89.0 Å². The Morgan fingerprint density at radius 1 is 0.536 bits per heavy atom. The highest BCUT2D eigenvalue weighted by Gasteiger charge is 2.36. The summed E-state index contributed by atoms with van der Waals surface area (Å²) in [4.78, 5) is 52.5. The van der Waals surface area contributed by atoms with E-state index in [1.54, 1.807) is 0 Å². The van der Waals surface area contributed by atoms with Crippen molar-refractivity contribution in [2.75, 3.05) is 0 Å². The molecule has 6 heteroatoms. The second-order valence-corrected chi connectivity index (χ2v) is 18.9. The zero-order chi connectivity index (χ0) is 40.3. The maximum absolute atomic E-state index is 13.0. The van der Waals surface area contributed by atoms with Gasteiger partial charge in [-0.25, -0.2) is 0 Å². The summed E-state index contributed by atoms with van der Waals surface area (Å²) in [5.74, 6) is 5.38. The molecule has 2 aromatic heterocycles. The molecule has 0 radical (unpaired) electrons. The molecular formula is C50H82N2O4. The molecule has 5 unspecified atom stereocenters. The standard InChI is InChI=1S/C50H82N2O4/c1-6-8-10-12-19-25-31-42-40(29-23-11-9-7-2)33-39(34-41(42)30-24-18-15-16-21-27-38(5)37(3)4)28-22-17-13-14-20-26-32-52-49(55)45-35-43-44(36-46(45)50(52)56)48(54)51-47(43)53/h35-42H,6-34H2,1-5H3,(H,51,53,54). The Bertz CT molecular complexity index is 1670. The first kappa shape index (κ1) is 46.2. The Hall–Kier alpha value is -2.50. The van der Waals surface area contributed by atoms with Crippen LogP contribution in [0.5, 0.6) is 0 Å². The molecule has 1 aliphatic carbocycles. The Morgan fingerprint density at radius 3 is 1.48 bits per heavy atom. The van der Waals surface area contributed by atoms with Crippen LogP contribution in [0.4, 0.5) is 0 Å². The van der Waals surface area contributed by atoms with Crippen molar-refractivity contribution < 1.29 is 0 Å². The summed E-state index contributed by atoms with van der Waals surface area (Å²) in [5.41, 5.74) is -1.72. The van der Waals surface area contributed by atoms with Crippen molar-refractivity contribution in [3.05, 3.63) is 53.5 Å². The Labute approximate surface area is 340 Å². The van der Waals surface area contributed by atoms with Gasteiger partial charge in [0.25, 0.3) is 22.2 Å². The summed E-state index contributed by atoms with van der Waals surface area (Å²) < 4.78 is 1.30. The fourth-order valence-corrected chi connectivity index (χ4v) is 10.4. The van der Waals surface area contributed by atoms with Crippen LogP contribution in [0.3, 0.4) is 0 Å². The molecule has 0 spiro atoms. The van der Waals surface area contributed by atoms with Crippen molar-refractivity contribution in [3.63, 3.8) is 0 Å². The van der Waals surface area contributed by atoms with E-state index in [4.69, 9.17) is 0 Å². The fourth-order valence-electron chi connectivity index (χ4n) is 10.4. The Balaban J connectivity index is 1.24. The molecular weight excluding hydrogens is 693 g/mol. The number of hydrogen-bond acceptors (Lipinski definition) is 4. The monoisotopic (exact) mass is 775 g/mol. The minimum absolute atomic E-state index is 0.184. The number of aromatic amines is 1. The van der Waals surface area contributed by atoms with Crippen LogP contribution in [-0.2, 0) is 6.54 Å². The molecule has 0 bridgehead atoms. The fraction of sp³-hybridized carbons (Fsp3) is 0.800. The van der Waals surface area contributed by atoms with Crippen LogP contribution in [0.15, 0.2) is 31.3 Å². The smallest absolute Gasteiger partial charge is 0.261 e. The van der Waals surface area contributed by atoms with Gasteiger partial charge in [0.2, 0.25) is 0 Å². The molecule has 0 saturated heterocycles. The van der Waals surface area contributed by atoms with Crippen LogP contribution in [0.25, 0.3) is 21.5 Å². The number of hydrogen-bond donors (Lipinski definition) is 1. The first-order valence-electron chi connectivity index (χ1n) is 24.1. The molecule has 1 aromatic carbocycles. The molecule has 0 amide bonds. The highest BCUT2D eigenvalue weighted by atomic mass is 16.2. The molecule has 1 saturated carbocycles. The molecule has 1 N–H and O–H groups in total. The Morgan fingerprint density at radius 2 is 0.964 bits per heavy atom. The minimum atomic E-state index is -0.506. The highest BCUT2D eigenvalue weighted by molar-refractivity contribution is 5.97. The van der Waals surface area contributed by atoms with Crippen LogP contribution < -0.4 is 22.2 Å². The number of aromatic nitrogens is 2. The average Bonchev–Trinajstić information content (AvgIpc) is 3.60.